The Morgan fingerprint density at radius 2 is 1.94 bits per heavy atom. The Kier molecular flexibility index (Phi) is 3.86. The van der Waals surface area contributed by atoms with E-state index < -0.39 is 11.8 Å². The van der Waals surface area contributed by atoms with Gasteiger partial charge in [-0.2, -0.15) is 0 Å². The fraction of sp³-hybridized carbons (Fsp3) is 0.500. The molecule has 0 N–H and O–H groups in total. The molecule has 0 aromatic carbocycles. The molecule has 88 valence electrons. The highest BCUT2D eigenvalue weighted by Gasteiger charge is 2.22. The van der Waals surface area contributed by atoms with Crippen molar-refractivity contribution in [3.05, 3.63) is 21.9 Å². The molecule has 0 saturated heterocycles. The molecule has 1 rings (SSSR count). The van der Waals surface area contributed by atoms with Crippen LogP contribution in [-0.2, 0) is 14.9 Å². The molecule has 4 heteroatoms. The largest absolute Gasteiger partial charge is 0.460 e. The zero-order chi connectivity index (χ0) is 12.3. The molecule has 0 aliphatic rings. The summed E-state index contributed by atoms with van der Waals surface area (Å²) in [6.07, 6.45) is 0. The number of hydrogen-bond acceptors (Lipinski definition) is 4. The summed E-state index contributed by atoms with van der Waals surface area (Å²) in [4.78, 5) is 24.4. The maximum absolute atomic E-state index is 11.6. The minimum Gasteiger partial charge on any atom is -0.460 e. The van der Waals surface area contributed by atoms with Gasteiger partial charge in [-0.3, -0.25) is 4.79 Å². The molecule has 0 atom stereocenters. The number of Topliss-reactive ketones (excluding diaryl/α,β-unsaturated/α-hetero) is 1. The lowest BCUT2D eigenvalue weighted by Crippen LogP contribution is -2.16. The fourth-order valence-corrected chi connectivity index (χ4v) is 2.15. The molecule has 0 aliphatic heterocycles. The van der Waals surface area contributed by atoms with Gasteiger partial charge < -0.3 is 4.74 Å². The summed E-state index contributed by atoms with van der Waals surface area (Å²) >= 11 is 1.35. The SMILES string of the molecule is CCOC(=O)C(=O)c1ccc(C(C)(C)C)s1. The van der Waals surface area contributed by atoms with E-state index in [1.165, 1.54) is 11.3 Å². The van der Waals surface area contributed by atoms with Crippen molar-refractivity contribution in [3.63, 3.8) is 0 Å². The number of ketones is 1. The summed E-state index contributed by atoms with van der Waals surface area (Å²) in [5.41, 5.74) is -0.00213. The number of hydrogen-bond donors (Lipinski definition) is 0. The molecule has 16 heavy (non-hydrogen) atoms. The van der Waals surface area contributed by atoms with Gasteiger partial charge in [0.1, 0.15) is 0 Å². The quantitative estimate of drug-likeness (QED) is 0.463. The third-order valence-corrected chi connectivity index (χ3v) is 3.54. The van der Waals surface area contributed by atoms with E-state index >= 15 is 0 Å². The lowest BCUT2D eigenvalue weighted by molar-refractivity contribution is -0.137. The van der Waals surface area contributed by atoms with Crippen LogP contribution in [0.3, 0.4) is 0 Å². The molecule has 0 saturated carbocycles. The van der Waals surface area contributed by atoms with Crippen LogP contribution in [0.5, 0.6) is 0 Å². The number of carbonyl (C=O) groups is 2. The minimum absolute atomic E-state index is 0.00213. The van der Waals surface area contributed by atoms with Gasteiger partial charge in [0.15, 0.2) is 0 Å². The van der Waals surface area contributed by atoms with Gasteiger partial charge in [-0.1, -0.05) is 20.8 Å². The molecule has 1 heterocycles. The molecule has 0 amide bonds. The van der Waals surface area contributed by atoms with Gasteiger partial charge in [-0.05, 0) is 24.5 Å². The second-order valence-corrected chi connectivity index (χ2v) is 5.55. The zero-order valence-electron chi connectivity index (χ0n) is 9.99. The molecule has 0 unspecified atom stereocenters. The average molecular weight is 240 g/mol. The first-order valence-corrected chi connectivity index (χ1v) is 5.99. The van der Waals surface area contributed by atoms with Crippen LogP contribution in [0.1, 0.15) is 42.2 Å². The van der Waals surface area contributed by atoms with Gasteiger partial charge in [0, 0.05) is 4.88 Å². The Morgan fingerprint density at radius 3 is 2.38 bits per heavy atom. The molecule has 0 radical (unpaired) electrons. The van der Waals surface area contributed by atoms with Gasteiger partial charge in [0.05, 0.1) is 11.5 Å². The summed E-state index contributed by atoms with van der Waals surface area (Å²) in [5.74, 6) is -1.33. The second kappa shape index (κ2) is 4.78. The number of esters is 1. The summed E-state index contributed by atoms with van der Waals surface area (Å²) in [7, 11) is 0. The van der Waals surface area contributed by atoms with Crippen LogP contribution >= 0.6 is 11.3 Å². The Hall–Kier alpha value is -1.16. The summed E-state index contributed by atoms with van der Waals surface area (Å²) < 4.78 is 4.67. The van der Waals surface area contributed by atoms with Crippen LogP contribution in [0, 0.1) is 0 Å². The summed E-state index contributed by atoms with van der Waals surface area (Å²) in [6.45, 7) is 8.11. The van der Waals surface area contributed by atoms with E-state index in [1.807, 2.05) is 6.07 Å². The molecule has 3 nitrogen and oxygen atoms in total. The maximum atomic E-state index is 11.6. The molecule has 1 aromatic heterocycles. The Morgan fingerprint density at radius 1 is 1.31 bits per heavy atom. The first kappa shape index (κ1) is 12.9. The summed E-state index contributed by atoms with van der Waals surface area (Å²) in [5, 5.41) is 0. The zero-order valence-corrected chi connectivity index (χ0v) is 10.8. The Balaban J connectivity index is 2.86. The lowest BCUT2D eigenvalue weighted by Gasteiger charge is -2.15. The van der Waals surface area contributed by atoms with Crippen LogP contribution < -0.4 is 0 Å². The first-order valence-electron chi connectivity index (χ1n) is 5.18. The topological polar surface area (TPSA) is 43.4 Å². The molecule has 1 aromatic rings. The number of rotatable bonds is 3. The van der Waals surface area contributed by atoms with Crippen molar-refractivity contribution in [2.75, 3.05) is 6.61 Å². The predicted octanol–water partition coefficient (Wildman–Crippen LogP) is 2.79. The fourth-order valence-electron chi connectivity index (χ4n) is 1.16. The highest BCUT2D eigenvalue weighted by molar-refractivity contribution is 7.15. The van der Waals surface area contributed by atoms with Crippen molar-refractivity contribution in [3.8, 4) is 0 Å². The van der Waals surface area contributed by atoms with Crippen molar-refractivity contribution in [2.45, 2.75) is 33.1 Å². The summed E-state index contributed by atoms with van der Waals surface area (Å²) in [6, 6.07) is 3.57. The minimum atomic E-state index is -0.773. The van der Waals surface area contributed by atoms with Crippen molar-refractivity contribution in [1.29, 1.82) is 0 Å². The van der Waals surface area contributed by atoms with Crippen LogP contribution in [0.15, 0.2) is 12.1 Å². The van der Waals surface area contributed by atoms with Gasteiger partial charge in [0.25, 0.3) is 5.78 Å². The van der Waals surface area contributed by atoms with E-state index in [0.29, 0.717) is 4.88 Å². The molecule has 0 spiro atoms. The highest BCUT2D eigenvalue weighted by atomic mass is 32.1. The van der Waals surface area contributed by atoms with Crippen LogP contribution in [0.2, 0.25) is 0 Å². The number of thiophene rings is 1. The van der Waals surface area contributed by atoms with Crippen molar-refractivity contribution >= 4 is 23.1 Å². The Bertz CT molecular complexity index is 399. The van der Waals surface area contributed by atoms with Crippen molar-refractivity contribution in [2.24, 2.45) is 0 Å². The van der Waals surface area contributed by atoms with E-state index in [0.717, 1.165) is 4.88 Å². The van der Waals surface area contributed by atoms with Crippen LogP contribution in [0.25, 0.3) is 0 Å². The molecule has 0 fully saturated rings. The maximum Gasteiger partial charge on any atom is 0.380 e. The van der Waals surface area contributed by atoms with E-state index in [1.54, 1.807) is 13.0 Å². The lowest BCUT2D eigenvalue weighted by atomic mass is 9.95. The van der Waals surface area contributed by atoms with Gasteiger partial charge in [-0.25, -0.2) is 4.79 Å². The van der Waals surface area contributed by atoms with Gasteiger partial charge in [0.2, 0.25) is 0 Å². The monoisotopic (exact) mass is 240 g/mol. The van der Waals surface area contributed by atoms with Crippen LogP contribution in [-0.4, -0.2) is 18.4 Å². The molecule has 0 bridgehead atoms. The predicted molar refractivity (Wildman–Crippen MR) is 64.0 cm³/mol. The molecular formula is C12H16O3S. The van der Waals surface area contributed by atoms with Crippen molar-refractivity contribution in [1.82, 2.24) is 0 Å². The highest BCUT2D eigenvalue weighted by Crippen LogP contribution is 2.29. The third kappa shape index (κ3) is 2.92. The second-order valence-electron chi connectivity index (χ2n) is 4.46. The number of ether oxygens (including phenoxy) is 1. The standard InChI is InChI=1S/C12H16O3S/c1-5-15-11(14)10(13)8-6-7-9(16-8)12(2,3)4/h6-7H,5H2,1-4H3. The normalized spacial score (nSPS) is 11.2. The van der Waals surface area contributed by atoms with E-state index in [4.69, 9.17) is 0 Å². The van der Waals surface area contributed by atoms with Gasteiger partial charge in [-0.15, -0.1) is 11.3 Å². The van der Waals surface area contributed by atoms with Gasteiger partial charge >= 0.3 is 5.97 Å². The van der Waals surface area contributed by atoms with E-state index in [2.05, 4.69) is 25.5 Å². The Labute approximate surface area is 99.4 Å². The van der Waals surface area contributed by atoms with E-state index in [-0.39, 0.29) is 12.0 Å². The first-order chi connectivity index (χ1) is 7.36. The third-order valence-electron chi connectivity index (χ3n) is 2.03. The van der Waals surface area contributed by atoms with Crippen molar-refractivity contribution < 1.29 is 14.3 Å². The number of carbonyl (C=O) groups excluding carboxylic acids is 2. The molecule has 0 aliphatic carbocycles. The smallest absolute Gasteiger partial charge is 0.380 e. The van der Waals surface area contributed by atoms with Crippen LogP contribution in [0.4, 0.5) is 0 Å². The van der Waals surface area contributed by atoms with E-state index in [9.17, 15) is 9.59 Å². The average Bonchev–Trinajstić information content (AvgIpc) is 2.65. The molecular weight excluding hydrogens is 224 g/mol.